The molecule has 1 N–H and O–H groups in total. The molecule has 84 valence electrons. The van der Waals surface area contributed by atoms with Gasteiger partial charge >= 0.3 is 0 Å². The smallest absolute Gasteiger partial charge is 0.108 e. The second-order valence-electron chi connectivity index (χ2n) is 4.70. The van der Waals surface area contributed by atoms with Crippen LogP contribution < -0.4 is 0 Å². The van der Waals surface area contributed by atoms with E-state index in [0.717, 1.165) is 25.0 Å². The number of aryl methyl sites for hydroxylation is 1. The van der Waals surface area contributed by atoms with E-state index >= 15 is 0 Å². The molecule has 1 heterocycles. The maximum atomic E-state index is 10.6. The van der Waals surface area contributed by atoms with Crippen molar-refractivity contribution in [1.29, 1.82) is 0 Å². The molecule has 1 aliphatic rings. The summed E-state index contributed by atoms with van der Waals surface area (Å²) in [6.07, 6.45) is 5.42. The second-order valence-corrected chi connectivity index (χ2v) is 5.11. The monoisotopic (exact) mass is 228 g/mol. The van der Waals surface area contributed by atoms with Crippen LogP contribution in [0.2, 0.25) is 5.02 Å². The van der Waals surface area contributed by atoms with Crippen molar-refractivity contribution in [1.82, 2.24) is 9.78 Å². The number of hydrogen-bond donors (Lipinski definition) is 1. The summed E-state index contributed by atoms with van der Waals surface area (Å²) in [6, 6.07) is 0. The molecule has 0 saturated heterocycles. The molecule has 15 heavy (non-hydrogen) atoms. The van der Waals surface area contributed by atoms with Gasteiger partial charge in [-0.3, -0.25) is 4.68 Å². The number of nitrogens with zero attached hydrogens (tertiary/aromatic N) is 2. The minimum atomic E-state index is -0.778. The van der Waals surface area contributed by atoms with Crippen molar-refractivity contribution in [3.05, 3.63) is 16.9 Å². The van der Waals surface area contributed by atoms with Gasteiger partial charge in [0.25, 0.3) is 0 Å². The van der Waals surface area contributed by atoms with Crippen molar-refractivity contribution in [3.63, 3.8) is 0 Å². The Hall–Kier alpha value is -0.540. The van der Waals surface area contributed by atoms with Crippen LogP contribution in [-0.4, -0.2) is 14.9 Å². The summed E-state index contributed by atoms with van der Waals surface area (Å²) in [7, 11) is 1.83. The van der Waals surface area contributed by atoms with Gasteiger partial charge < -0.3 is 5.11 Å². The van der Waals surface area contributed by atoms with Crippen LogP contribution >= 0.6 is 11.6 Å². The first-order chi connectivity index (χ1) is 7.03. The van der Waals surface area contributed by atoms with E-state index in [9.17, 15) is 5.11 Å². The third-order valence-corrected chi connectivity index (χ3v) is 3.58. The van der Waals surface area contributed by atoms with Crippen LogP contribution in [0.25, 0.3) is 0 Å². The largest absolute Gasteiger partial charge is 0.384 e. The molecule has 4 heteroatoms. The van der Waals surface area contributed by atoms with E-state index in [1.54, 1.807) is 10.9 Å². The summed E-state index contributed by atoms with van der Waals surface area (Å²) in [5, 5.41) is 15.3. The summed E-state index contributed by atoms with van der Waals surface area (Å²) >= 11 is 6.07. The average Bonchev–Trinajstić information content (AvgIpc) is 2.46. The van der Waals surface area contributed by atoms with Crippen LogP contribution in [-0.2, 0) is 12.6 Å². The van der Waals surface area contributed by atoms with Crippen molar-refractivity contribution in [2.24, 2.45) is 13.0 Å². The van der Waals surface area contributed by atoms with Gasteiger partial charge in [0.15, 0.2) is 0 Å². The molecule has 0 radical (unpaired) electrons. The summed E-state index contributed by atoms with van der Waals surface area (Å²) < 4.78 is 1.69. The zero-order chi connectivity index (χ0) is 11.1. The first-order valence-electron chi connectivity index (χ1n) is 5.43. The molecule has 1 aromatic heterocycles. The van der Waals surface area contributed by atoms with Crippen molar-refractivity contribution < 1.29 is 5.11 Å². The quantitative estimate of drug-likeness (QED) is 0.802. The van der Waals surface area contributed by atoms with Gasteiger partial charge in [0.1, 0.15) is 5.60 Å². The molecule has 1 fully saturated rings. The van der Waals surface area contributed by atoms with Gasteiger partial charge in [0.2, 0.25) is 0 Å². The lowest BCUT2D eigenvalue weighted by atomic mass is 9.77. The van der Waals surface area contributed by atoms with Gasteiger partial charge in [-0.1, -0.05) is 24.9 Å². The van der Waals surface area contributed by atoms with E-state index < -0.39 is 5.60 Å². The van der Waals surface area contributed by atoms with Crippen molar-refractivity contribution >= 4 is 11.6 Å². The molecule has 0 aromatic carbocycles. The van der Waals surface area contributed by atoms with Crippen molar-refractivity contribution in [2.45, 2.75) is 38.2 Å². The first kappa shape index (κ1) is 11.0. The Bertz CT molecular complexity index is 344. The zero-order valence-corrected chi connectivity index (χ0v) is 9.96. The highest BCUT2D eigenvalue weighted by Gasteiger charge is 2.38. The number of aliphatic hydroxyl groups is 1. The molecule has 2 atom stereocenters. The minimum absolute atomic E-state index is 0.551. The van der Waals surface area contributed by atoms with E-state index in [-0.39, 0.29) is 0 Å². The van der Waals surface area contributed by atoms with Gasteiger partial charge in [0.05, 0.1) is 16.9 Å². The van der Waals surface area contributed by atoms with Crippen LogP contribution in [0, 0.1) is 5.92 Å². The lowest BCUT2D eigenvalue weighted by Gasteiger charge is -2.35. The van der Waals surface area contributed by atoms with E-state index in [2.05, 4.69) is 12.0 Å². The van der Waals surface area contributed by atoms with E-state index in [0.29, 0.717) is 10.9 Å². The molecule has 2 unspecified atom stereocenters. The highest BCUT2D eigenvalue weighted by atomic mass is 35.5. The molecule has 1 aromatic rings. The standard InChI is InChI=1S/C11H17ClN2O/c1-8-4-3-5-11(15,6-8)10-9(12)7-13-14(10)2/h7-8,15H,3-6H2,1-2H3. The lowest BCUT2D eigenvalue weighted by Crippen LogP contribution is -2.34. The Morgan fingerprint density at radius 1 is 1.67 bits per heavy atom. The molecular weight excluding hydrogens is 212 g/mol. The van der Waals surface area contributed by atoms with Crippen molar-refractivity contribution in [2.75, 3.05) is 0 Å². The Morgan fingerprint density at radius 2 is 2.40 bits per heavy atom. The molecule has 1 aliphatic carbocycles. The summed E-state index contributed by atoms with van der Waals surface area (Å²) in [6.45, 7) is 2.18. The second kappa shape index (κ2) is 3.80. The normalized spacial score (nSPS) is 31.9. The molecule has 2 rings (SSSR count). The molecular formula is C11H17ClN2O. The Kier molecular flexibility index (Phi) is 2.77. The maximum absolute atomic E-state index is 10.6. The third kappa shape index (κ3) is 1.91. The van der Waals surface area contributed by atoms with Crippen LogP contribution in [0.1, 0.15) is 38.3 Å². The fraction of sp³-hybridized carbons (Fsp3) is 0.727. The molecule has 3 nitrogen and oxygen atoms in total. The first-order valence-corrected chi connectivity index (χ1v) is 5.81. The molecule has 1 saturated carbocycles. The SMILES string of the molecule is CC1CCCC(O)(c2c(Cl)cnn2C)C1. The summed E-state index contributed by atoms with van der Waals surface area (Å²) in [4.78, 5) is 0. The Labute approximate surface area is 95.0 Å². The third-order valence-electron chi connectivity index (χ3n) is 3.31. The zero-order valence-electron chi connectivity index (χ0n) is 9.20. The number of rotatable bonds is 1. The van der Waals surface area contributed by atoms with Crippen LogP contribution in [0.15, 0.2) is 6.20 Å². The summed E-state index contributed by atoms with van der Waals surface area (Å²) in [5.74, 6) is 0.551. The van der Waals surface area contributed by atoms with Gasteiger partial charge in [-0.15, -0.1) is 0 Å². The number of halogens is 1. The Morgan fingerprint density at radius 3 is 2.93 bits per heavy atom. The van der Waals surface area contributed by atoms with Gasteiger partial charge in [-0.05, 0) is 25.2 Å². The highest BCUT2D eigenvalue weighted by Crippen LogP contribution is 2.41. The highest BCUT2D eigenvalue weighted by molar-refractivity contribution is 6.31. The number of aromatic nitrogens is 2. The molecule has 0 amide bonds. The van der Waals surface area contributed by atoms with E-state index in [1.807, 2.05) is 7.05 Å². The molecule has 0 spiro atoms. The van der Waals surface area contributed by atoms with Crippen LogP contribution in [0.3, 0.4) is 0 Å². The predicted octanol–water partition coefficient (Wildman–Crippen LogP) is 2.47. The van der Waals surface area contributed by atoms with Crippen LogP contribution in [0.4, 0.5) is 0 Å². The minimum Gasteiger partial charge on any atom is -0.384 e. The number of hydrogen-bond acceptors (Lipinski definition) is 2. The lowest BCUT2D eigenvalue weighted by molar-refractivity contribution is -0.0245. The fourth-order valence-electron chi connectivity index (χ4n) is 2.67. The Balaban J connectivity index is 2.36. The fourth-order valence-corrected chi connectivity index (χ4v) is 3.01. The van der Waals surface area contributed by atoms with E-state index in [1.165, 1.54) is 6.42 Å². The molecule has 0 aliphatic heterocycles. The van der Waals surface area contributed by atoms with Gasteiger partial charge in [-0.25, -0.2) is 0 Å². The summed E-state index contributed by atoms with van der Waals surface area (Å²) in [5.41, 5.74) is -0.00397. The topological polar surface area (TPSA) is 38.1 Å². The van der Waals surface area contributed by atoms with Crippen LogP contribution in [0.5, 0.6) is 0 Å². The maximum Gasteiger partial charge on any atom is 0.108 e. The predicted molar refractivity (Wildman–Crippen MR) is 59.7 cm³/mol. The average molecular weight is 229 g/mol. The van der Waals surface area contributed by atoms with E-state index in [4.69, 9.17) is 11.6 Å². The molecule has 0 bridgehead atoms. The van der Waals surface area contributed by atoms with Gasteiger partial charge in [0, 0.05) is 7.05 Å². The van der Waals surface area contributed by atoms with Gasteiger partial charge in [-0.2, -0.15) is 5.10 Å². The van der Waals surface area contributed by atoms with Crippen molar-refractivity contribution in [3.8, 4) is 0 Å².